The highest BCUT2D eigenvalue weighted by Crippen LogP contribution is 2.29. The van der Waals surface area contributed by atoms with E-state index < -0.39 is 5.60 Å². The van der Waals surface area contributed by atoms with Gasteiger partial charge in [-0.2, -0.15) is 0 Å². The number of hydrogen-bond acceptors (Lipinski definition) is 3. The molecule has 0 heterocycles. The van der Waals surface area contributed by atoms with Gasteiger partial charge in [0.25, 0.3) is 0 Å². The Morgan fingerprint density at radius 3 is 2.71 bits per heavy atom. The van der Waals surface area contributed by atoms with Crippen LogP contribution in [0.15, 0.2) is 18.2 Å². The number of halogens is 1. The average Bonchev–Trinajstić information content (AvgIpc) is 2.47. The van der Waals surface area contributed by atoms with Gasteiger partial charge < -0.3 is 15.2 Å². The molecule has 1 aromatic carbocycles. The highest BCUT2D eigenvalue weighted by Gasteiger charge is 2.30. The van der Waals surface area contributed by atoms with Gasteiger partial charge in [-0.1, -0.05) is 32.3 Å². The lowest BCUT2D eigenvalue weighted by atomic mass is 9.85. The Kier molecular flexibility index (Phi) is 6.00. The van der Waals surface area contributed by atoms with E-state index in [0.717, 1.165) is 50.6 Å². The van der Waals surface area contributed by atoms with E-state index >= 15 is 0 Å². The molecule has 4 heteroatoms. The van der Waals surface area contributed by atoms with Crippen LogP contribution in [0.4, 0.5) is 4.39 Å². The van der Waals surface area contributed by atoms with Gasteiger partial charge in [0, 0.05) is 6.54 Å². The predicted octanol–water partition coefficient (Wildman–Crippen LogP) is 3.40. The maximum atomic E-state index is 14.0. The number of rotatable bonds is 7. The SMILES string of the molecule is CCCNCc1ccc(OCC2(O)CCCCC2)c(F)c1. The third kappa shape index (κ3) is 4.97. The van der Waals surface area contributed by atoms with Crippen LogP contribution < -0.4 is 10.1 Å². The number of ether oxygens (including phenoxy) is 1. The van der Waals surface area contributed by atoms with Gasteiger partial charge in [0.1, 0.15) is 6.61 Å². The molecule has 0 bridgehead atoms. The van der Waals surface area contributed by atoms with E-state index in [1.807, 2.05) is 6.07 Å². The molecule has 2 N–H and O–H groups in total. The molecule has 0 saturated heterocycles. The fourth-order valence-corrected chi connectivity index (χ4v) is 2.75. The van der Waals surface area contributed by atoms with E-state index in [4.69, 9.17) is 4.74 Å². The number of hydrogen-bond donors (Lipinski definition) is 2. The zero-order valence-electron chi connectivity index (χ0n) is 12.8. The number of nitrogens with one attached hydrogen (secondary N) is 1. The molecule has 21 heavy (non-hydrogen) atoms. The van der Waals surface area contributed by atoms with Crippen LogP contribution >= 0.6 is 0 Å². The molecule has 1 fully saturated rings. The largest absolute Gasteiger partial charge is 0.488 e. The van der Waals surface area contributed by atoms with Gasteiger partial charge in [-0.05, 0) is 43.5 Å². The van der Waals surface area contributed by atoms with Crippen molar-refractivity contribution in [2.75, 3.05) is 13.2 Å². The Balaban J connectivity index is 1.88. The van der Waals surface area contributed by atoms with E-state index in [1.54, 1.807) is 6.07 Å². The second kappa shape index (κ2) is 7.76. The summed E-state index contributed by atoms with van der Waals surface area (Å²) >= 11 is 0. The van der Waals surface area contributed by atoms with E-state index in [0.29, 0.717) is 6.54 Å². The maximum absolute atomic E-state index is 14.0. The fourth-order valence-electron chi connectivity index (χ4n) is 2.75. The molecule has 118 valence electrons. The lowest BCUT2D eigenvalue weighted by molar-refractivity contribution is -0.0347. The molecular weight excluding hydrogens is 269 g/mol. The van der Waals surface area contributed by atoms with Crippen LogP contribution in [0.25, 0.3) is 0 Å². The van der Waals surface area contributed by atoms with Crippen molar-refractivity contribution in [3.8, 4) is 5.75 Å². The zero-order valence-corrected chi connectivity index (χ0v) is 12.8. The second-order valence-corrected chi connectivity index (χ2v) is 6.02. The first kappa shape index (κ1) is 16.2. The molecule has 0 aromatic heterocycles. The minimum absolute atomic E-state index is 0.178. The van der Waals surface area contributed by atoms with Crippen molar-refractivity contribution >= 4 is 0 Å². The molecule has 0 radical (unpaired) electrons. The molecule has 1 saturated carbocycles. The maximum Gasteiger partial charge on any atom is 0.165 e. The molecule has 1 aliphatic rings. The lowest BCUT2D eigenvalue weighted by Gasteiger charge is -2.31. The summed E-state index contributed by atoms with van der Waals surface area (Å²) in [7, 11) is 0. The first-order valence-electron chi connectivity index (χ1n) is 7.97. The van der Waals surface area contributed by atoms with Crippen molar-refractivity contribution in [2.24, 2.45) is 0 Å². The smallest absolute Gasteiger partial charge is 0.165 e. The van der Waals surface area contributed by atoms with Crippen LogP contribution in [-0.4, -0.2) is 23.9 Å². The molecule has 3 nitrogen and oxygen atoms in total. The minimum atomic E-state index is -0.786. The molecule has 1 aliphatic carbocycles. The average molecular weight is 295 g/mol. The Morgan fingerprint density at radius 1 is 1.29 bits per heavy atom. The van der Waals surface area contributed by atoms with Gasteiger partial charge in [-0.3, -0.25) is 0 Å². The topological polar surface area (TPSA) is 41.5 Å². The molecule has 0 aliphatic heterocycles. The lowest BCUT2D eigenvalue weighted by Crippen LogP contribution is -2.38. The van der Waals surface area contributed by atoms with Gasteiger partial charge >= 0.3 is 0 Å². The normalized spacial score (nSPS) is 17.7. The van der Waals surface area contributed by atoms with Gasteiger partial charge in [0.15, 0.2) is 11.6 Å². The Labute approximate surface area is 126 Å². The first-order valence-corrected chi connectivity index (χ1v) is 7.97. The summed E-state index contributed by atoms with van der Waals surface area (Å²) in [5, 5.41) is 13.6. The third-order valence-corrected chi connectivity index (χ3v) is 4.03. The Morgan fingerprint density at radius 2 is 2.05 bits per heavy atom. The molecular formula is C17H26FNO2. The van der Waals surface area contributed by atoms with Crippen molar-refractivity contribution in [3.05, 3.63) is 29.6 Å². The van der Waals surface area contributed by atoms with Crippen molar-refractivity contribution in [1.29, 1.82) is 0 Å². The number of aliphatic hydroxyl groups is 1. The molecule has 0 spiro atoms. The van der Waals surface area contributed by atoms with E-state index in [-0.39, 0.29) is 18.2 Å². The number of benzene rings is 1. The quantitative estimate of drug-likeness (QED) is 0.758. The Hall–Kier alpha value is -1.13. The van der Waals surface area contributed by atoms with Crippen LogP contribution in [0.3, 0.4) is 0 Å². The summed E-state index contributed by atoms with van der Waals surface area (Å²) in [6, 6.07) is 5.03. The molecule has 1 aromatic rings. The van der Waals surface area contributed by atoms with Crippen LogP contribution in [0, 0.1) is 5.82 Å². The van der Waals surface area contributed by atoms with Crippen molar-refractivity contribution < 1.29 is 14.2 Å². The van der Waals surface area contributed by atoms with Gasteiger partial charge in [-0.15, -0.1) is 0 Å². The minimum Gasteiger partial charge on any atom is -0.488 e. The summed E-state index contributed by atoms with van der Waals surface area (Å²) in [6.45, 7) is 3.86. The van der Waals surface area contributed by atoms with E-state index in [2.05, 4.69) is 12.2 Å². The van der Waals surface area contributed by atoms with Crippen LogP contribution in [-0.2, 0) is 6.54 Å². The van der Waals surface area contributed by atoms with Crippen LogP contribution in [0.5, 0.6) is 5.75 Å². The highest BCUT2D eigenvalue weighted by molar-refractivity contribution is 5.29. The molecule has 0 atom stereocenters. The second-order valence-electron chi connectivity index (χ2n) is 6.02. The fraction of sp³-hybridized carbons (Fsp3) is 0.647. The first-order chi connectivity index (χ1) is 10.1. The van der Waals surface area contributed by atoms with Gasteiger partial charge in [-0.25, -0.2) is 4.39 Å². The summed E-state index contributed by atoms with van der Waals surface area (Å²) in [4.78, 5) is 0. The highest BCUT2D eigenvalue weighted by atomic mass is 19.1. The summed E-state index contributed by atoms with van der Waals surface area (Å²) in [5.74, 6) is -0.126. The van der Waals surface area contributed by atoms with Crippen molar-refractivity contribution in [2.45, 2.75) is 57.6 Å². The van der Waals surface area contributed by atoms with Crippen LogP contribution in [0.1, 0.15) is 51.0 Å². The molecule has 0 amide bonds. The zero-order chi connectivity index (χ0) is 15.1. The van der Waals surface area contributed by atoms with Crippen molar-refractivity contribution in [3.63, 3.8) is 0 Å². The summed E-state index contributed by atoms with van der Waals surface area (Å²) < 4.78 is 19.5. The Bertz CT molecular complexity index is 444. The molecule has 2 rings (SSSR count). The monoisotopic (exact) mass is 295 g/mol. The molecule has 0 unspecified atom stereocenters. The predicted molar refractivity (Wildman–Crippen MR) is 81.9 cm³/mol. The van der Waals surface area contributed by atoms with Crippen molar-refractivity contribution in [1.82, 2.24) is 5.32 Å². The van der Waals surface area contributed by atoms with Gasteiger partial charge in [0.2, 0.25) is 0 Å². The summed E-state index contributed by atoms with van der Waals surface area (Å²) in [6.07, 6.45) is 5.74. The summed E-state index contributed by atoms with van der Waals surface area (Å²) in [5.41, 5.74) is 0.121. The third-order valence-electron chi connectivity index (χ3n) is 4.03. The van der Waals surface area contributed by atoms with Crippen LogP contribution in [0.2, 0.25) is 0 Å². The standard InChI is InChI=1S/C17H26FNO2/c1-2-10-19-12-14-6-7-16(15(18)11-14)21-13-17(20)8-4-3-5-9-17/h6-7,11,19-20H,2-5,8-10,12-13H2,1H3. The van der Waals surface area contributed by atoms with E-state index in [1.165, 1.54) is 6.07 Å². The van der Waals surface area contributed by atoms with Gasteiger partial charge in [0.05, 0.1) is 5.60 Å². The van der Waals surface area contributed by atoms with E-state index in [9.17, 15) is 9.50 Å².